The Morgan fingerprint density at radius 1 is 1.10 bits per heavy atom. The topological polar surface area (TPSA) is 53.4 Å². The molecule has 3 rings (SSSR count). The highest BCUT2D eigenvalue weighted by Gasteiger charge is 2.54. The first-order valence-corrected chi connectivity index (χ1v) is 6.95. The van der Waals surface area contributed by atoms with Gasteiger partial charge in [-0.25, -0.2) is 0 Å². The van der Waals surface area contributed by atoms with E-state index in [9.17, 15) is 9.90 Å². The van der Waals surface area contributed by atoms with E-state index in [0.717, 1.165) is 0 Å². The van der Waals surface area contributed by atoms with Gasteiger partial charge in [0, 0.05) is 22.9 Å². The van der Waals surface area contributed by atoms with Gasteiger partial charge in [-0.3, -0.25) is 14.7 Å². The monoisotopic (exact) mass is 282 g/mol. The molecule has 2 aromatic rings. The summed E-state index contributed by atoms with van der Waals surface area (Å²) in [6.07, 6.45) is 1.62. The predicted octanol–water partition coefficient (Wildman–Crippen LogP) is 2.53. The Morgan fingerprint density at radius 2 is 1.76 bits per heavy atom. The van der Waals surface area contributed by atoms with Gasteiger partial charge in [-0.15, -0.1) is 0 Å². The highest BCUT2D eigenvalue weighted by atomic mass is 16.3. The Morgan fingerprint density at radius 3 is 2.38 bits per heavy atom. The number of aliphatic hydroxyl groups is 1. The lowest BCUT2D eigenvalue weighted by Crippen LogP contribution is -2.54. The van der Waals surface area contributed by atoms with Crippen LogP contribution in [0.1, 0.15) is 42.4 Å². The Kier molecular flexibility index (Phi) is 2.88. The maximum Gasteiger partial charge on any atom is 0.257 e. The normalized spacial score (nSPS) is 21.5. The zero-order chi connectivity index (χ0) is 15.3. The van der Waals surface area contributed by atoms with Gasteiger partial charge in [-0.05, 0) is 39.0 Å². The van der Waals surface area contributed by atoms with Crippen molar-refractivity contribution in [3.05, 3.63) is 65.5 Å². The SMILES string of the molecule is CC(C)(C)N1C(=O)c2ccccc2C1(O)c1ccccn1. The van der Waals surface area contributed by atoms with Gasteiger partial charge in [-0.2, -0.15) is 0 Å². The molecule has 21 heavy (non-hydrogen) atoms. The van der Waals surface area contributed by atoms with Gasteiger partial charge in [0.2, 0.25) is 5.72 Å². The fraction of sp³-hybridized carbons (Fsp3) is 0.294. The summed E-state index contributed by atoms with van der Waals surface area (Å²) in [7, 11) is 0. The minimum Gasteiger partial charge on any atom is -0.362 e. The quantitative estimate of drug-likeness (QED) is 0.874. The van der Waals surface area contributed by atoms with Crippen LogP contribution >= 0.6 is 0 Å². The molecule has 1 aliphatic rings. The van der Waals surface area contributed by atoms with Crippen LogP contribution in [0, 0.1) is 0 Å². The zero-order valence-corrected chi connectivity index (χ0v) is 12.4. The van der Waals surface area contributed by atoms with Crippen LogP contribution in [0.3, 0.4) is 0 Å². The molecule has 2 heterocycles. The molecule has 4 nitrogen and oxygen atoms in total. The number of fused-ring (bicyclic) bond motifs is 1. The molecule has 4 heteroatoms. The molecular formula is C17H18N2O2. The van der Waals surface area contributed by atoms with Gasteiger partial charge in [-0.1, -0.05) is 24.3 Å². The van der Waals surface area contributed by atoms with E-state index >= 15 is 0 Å². The van der Waals surface area contributed by atoms with Gasteiger partial charge >= 0.3 is 0 Å². The summed E-state index contributed by atoms with van der Waals surface area (Å²) in [6, 6.07) is 12.5. The fourth-order valence-corrected chi connectivity index (χ4v) is 2.97. The van der Waals surface area contributed by atoms with E-state index in [1.165, 1.54) is 4.90 Å². The first-order valence-electron chi connectivity index (χ1n) is 6.95. The number of amides is 1. The van der Waals surface area contributed by atoms with E-state index < -0.39 is 11.3 Å². The van der Waals surface area contributed by atoms with Crippen LogP contribution in [0.2, 0.25) is 0 Å². The summed E-state index contributed by atoms with van der Waals surface area (Å²) < 4.78 is 0. The lowest BCUT2D eigenvalue weighted by molar-refractivity contribution is -0.0904. The zero-order valence-electron chi connectivity index (χ0n) is 12.4. The summed E-state index contributed by atoms with van der Waals surface area (Å²) in [5, 5.41) is 11.4. The molecule has 0 radical (unpaired) electrons. The molecule has 1 N–H and O–H groups in total. The lowest BCUT2D eigenvalue weighted by atomic mass is 9.95. The Labute approximate surface area is 124 Å². The highest BCUT2D eigenvalue weighted by Crippen LogP contribution is 2.44. The molecule has 1 aliphatic heterocycles. The summed E-state index contributed by atoms with van der Waals surface area (Å²) in [5.41, 5.74) is -0.502. The number of carbonyl (C=O) groups is 1. The van der Waals surface area contributed by atoms with Crippen LogP contribution in [0.4, 0.5) is 0 Å². The van der Waals surface area contributed by atoms with Crippen molar-refractivity contribution in [2.24, 2.45) is 0 Å². The van der Waals surface area contributed by atoms with Crippen LogP contribution in [0.15, 0.2) is 48.7 Å². The third-order valence-corrected chi connectivity index (χ3v) is 3.75. The van der Waals surface area contributed by atoms with Crippen molar-refractivity contribution in [2.45, 2.75) is 32.0 Å². The third kappa shape index (κ3) is 1.87. The Bertz CT molecular complexity index is 691. The van der Waals surface area contributed by atoms with Crippen LogP contribution in [0.25, 0.3) is 0 Å². The van der Waals surface area contributed by atoms with Crippen molar-refractivity contribution in [1.29, 1.82) is 0 Å². The molecule has 0 saturated carbocycles. The minimum absolute atomic E-state index is 0.175. The van der Waals surface area contributed by atoms with Crippen molar-refractivity contribution in [1.82, 2.24) is 9.88 Å². The van der Waals surface area contributed by atoms with Crippen LogP contribution in [-0.4, -0.2) is 26.4 Å². The molecule has 0 aliphatic carbocycles. The first-order chi connectivity index (χ1) is 9.87. The van der Waals surface area contributed by atoms with Crippen LogP contribution in [0.5, 0.6) is 0 Å². The van der Waals surface area contributed by atoms with Crippen LogP contribution in [-0.2, 0) is 5.72 Å². The minimum atomic E-state index is -1.53. The molecule has 1 aromatic carbocycles. The lowest BCUT2D eigenvalue weighted by Gasteiger charge is -2.42. The predicted molar refractivity (Wildman–Crippen MR) is 79.6 cm³/mol. The van der Waals surface area contributed by atoms with Gasteiger partial charge < -0.3 is 5.11 Å². The number of carbonyl (C=O) groups excluding carboxylic acids is 1. The average Bonchev–Trinajstić information content (AvgIpc) is 2.70. The van der Waals surface area contributed by atoms with Crippen molar-refractivity contribution in [3.63, 3.8) is 0 Å². The Balaban J connectivity index is 2.31. The molecular weight excluding hydrogens is 264 g/mol. The molecule has 1 amide bonds. The summed E-state index contributed by atoms with van der Waals surface area (Å²) >= 11 is 0. The second-order valence-electron chi connectivity index (χ2n) is 6.24. The van der Waals surface area contributed by atoms with Crippen molar-refractivity contribution < 1.29 is 9.90 Å². The number of nitrogens with zero attached hydrogens (tertiary/aromatic N) is 2. The van der Waals surface area contributed by atoms with Gasteiger partial charge in [0.15, 0.2) is 0 Å². The second-order valence-corrected chi connectivity index (χ2v) is 6.24. The summed E-state index contributed by atoms with van der Waals surface area (Å²) in [6.45, 7) is 5.72. The molecule has 1 unspecified atom stereocenters. The smallest absolute Gasteiger partial charge is 0.257 e. The van der Waals surface area contributed by atoms with Gasteiger partial charge in [0.1, 0.15) is 0 Å². The Hall–Kier alpha value is -2.20. The number of pyridine rings is 1. The fourth-order valence-electron chi connectivity index (χ4n) is 2.97. The number of rotatable bonds is 1. The second kappa shape index (κ2) is 4.40. The number of hydrogen-bond donors (Lipinski definition) is 1. The summed E-state index contributed by atoms with van der Waals surface area (Å²) in [5.74, 6) is -0.175. The van der Waals surface area contributed by atoms with E-state index in [2.05, 4.69) is 4.98 Å². The maximum atomic E-state index is 12.8. The van der Waals surface area contributed by atoms with Gasteiger partial charge in [0.25, 0.3) is 5.91 Å². The molecule has 0 saturated heterocycles. The maximum absolute atomic E-state index is 12.8. The van der Waals surface area contributed by atoms with Crippen LogP contribution < -0.4 is 0 Å². The molecule has 0 spiro atoms. The van der Waals surface area contributed by atoms with Crippen molar-refractivity contribution in [2.75, 3.05) is 0 Å². The average molecular weight is 282 g/mol. The number of aromatic nitrogens is 1. The molecule has 1 atom stereocenters. The van der Waals surface area contributed by atoms with E-state index in [1.807, 2.05) is 39.0 Å². The molecule has 108 valence electrons. The van der Waals surface area contributed by atoms with E-state index in [1.54, 1.807) is 30.5 Å². The first kappa shape index (κ1) is 13.8. The number of benzene rings is 1. The third-order valence-electron chi connectivity index (χ3n) is 3.75. The van der Waals surface area contributed by atoms with E-state index in [4.69, 9.17) is 0 Å². The molecule has 0 bridgehead atoms. The van der Waals surface area contributed by atoms with Crippen molar-refractivity contribution in [3.8, 4) is 0 Å². The van der Waals surface area contributed by atoms with Gasteiger partial charge in [0.05, 0.1) is 5.69 Å². The van der Waals surface area contributed by atoms with E-state index in [0.29, 0.717) is 16.8 Å². The molecule has 1 aromatic heterocycles. The van der Waals surface area contributed by atoms with Crippen molar-refractivity contribution >= 4 is 5.91 Å². The largest absolute Gasteiger partial charge is 0.362 e. The number of hydrogen-bond acceptors (Lipinski definition) is 3. The standard InChI is InChI=1S/C17H18N2O2/c1-16(2,3)19-15(20)12-8-4-5-9-13(12)17(19,21)14-10-6-7-11-18-14/h4-11,21H,1-3H3. The highest BCUT2D eigenvalue weighted by molar-refractivity contribution is 6.00. The molecule has 0 fully saturated rings. The van der Waals surface area contributed by atoms with E-state index in [-0.39, 0.29) is 5.91 Å². The summed E-state index contributed by atoms with van der Waals surface area (Å²) in [4.78, 5) is 18.6.